The molecule has 2 fully saturated rings. The number of aromatic nitrogens is 4. The molecule has 2 aliphatic heterocycles. The van der Waals surface area contributed by atoms with Gasteiger partial charge in [0.1, 0.15) is 35.2 Å². The summed E-state index contributed by atoms with van der Waals surface area (Å²) in [6, 6.07) is 15.7. The maximum absolute atomic E-state index is 13.3. The highest BCUT2D eigenvalue weighted by molar-refractivity contribution is 5.96. The molecule has 2 saturated heterocycles. The Balaban J connectivity index is 0.000000231. The summed E-state index contributed by atoms with van der Waals surface area (Å²) in [6.45, 7) is 10.7. The molecule has 17 nitrogen and oxygen atoms in total. The number of carbonyl (C=O) groups excluding carboxylic acids is 1. The van der Waals surface area contributed by atoms with Gasteiger partial charge in [0.15, 0.2) is 11.6 Å². The zero-order valence-corrected chi connectivity index (χ0v) is 38.2. The lowest BCUT2D eigenvalue weighted by atomic mass is 10.2. The van der Waals surface area contributed by atoms with Crippen molar-refractivity contribution in [1.82, 2.24) is 29.6 Å². The number of benzene rings is 2. The van der Waals surface area contributed by atoms with Gasteiger partial charge in [0.05, 0.1) is 63.1 Å². The number of nitrogens with one attached hydrogen (secondary N) is 1. The second kappa shape index (κ2) is 22.8. The summed E-state index contributed by atoms with van der Waals surface area (Å²) in [7, 11) is 2.68. The van der Waals surface area contributed by atoms with E-state index in [1.54, 1.807) is 54.3 Å². The van der Waals surface area contributed by atoms with Crippen LogP contribution in [0.2, 0.25) is 0 Å². The van der Waals surface area contributed by atoms with Crippen LogP contribution in [0.5, 0.6) is 0 Å². The van der Waals surface area contributed by atoms with Crippen molar-refractivity contribution in [3.8, 4) is 0 Å². The number of fused-ring (bicyclic) bond motifs is 2. The fraction of sp³-hybridized carbons (Fsp3) is 0.391. The maximum Gasteiger partial charge on any atom is 0.354 e. The lowest BCUT2D eigenvalue weighted by Crippen LogP contribution is -2.24. The van der Waals surface area contributed by atoms with Crippen LogP contribution in [0.15, 0.2) is 85.5 Å². The Kier molecular flexibility index (Phi) is 17.8. The average molecular weight is 941 g/mol. The molecular formula is C46H55ClF2N6O11. The third kappa shape index (κ3) is 13.8. The number of rotatable bonds is 14. The molecule has 0 aliphatic carbocycles. The zero-order chi connectivity index (χ0) is 46.9. The third-order valence-corrected chi connectivity index (χ3v) is 10.2. The number of ether oxygens (including phenoxy) is 6. The van der Waals surface area contributed by atoms with Crippen LogP contribution < -0.4 is 5.48 Å². The van der Waals surface area contributed by atoms with E-state index in [-0.39, 0.29) is 54.2 Å². The molecule has 356 valence electrons. The highest BCUT2D eigenvalue weighted by Gasteiger charge is 2.33. The number of pyridine rings is 2. The van der Waals surface area contributed by atoms with Gasteiger partial charge in [-0.15, -0.1) is 12.4 Å². The zero-order valence-electron chi connectivity index (χ0n) is 37.4. The van der Waals surface area contributed by atoms with E-state index >= 15 is 0 Å². The first-order valence-corrected chi connectivity index (χ1v) is 20.7. The van der Waals surface area contributed by atoms with E-state index in [1.807, 2.05) is 49.2 Å². The Bertz CT molecular complexity index is 2550. The normalized spacial score (nSPS) is 17.1. The topological polar surface area (TPSA) is 201 Å². The van der Waals surface area contributed by atoms with Crippen LogP contribution in [0.1, 0.15) is 70.9 Å². The Morgan fingerprint density at radius 2 is 1.17 bits per heavy atom. The highest BCUT2D eigenvalue weighted by atomic mass is 35.5. The minimum Gasteiger partial charge on any atom is -0.477 e. The van der Waals surface area contributed by atoms with E-state index in [4.69, 9.17) is 33.6 Å². The van der Waals surface area contributed by atoms with Crippen LogP contribution in [-0.2, 0) is 54.7 Å². The molecule has 4 aromatic heterocycles. The molecule has 0 spiro atoms. The molecule has 2 aromatic carbocycles. The summed E-state index contributed by atoms with van der Waals surface area (Å²) in [5.74, 6) is -3.51. The number of hydrogen-bond acceptors (Lipinski definition) is 13. The van der Waals surface area contributed by atoms with Crippen molar-refractivity contribution in [2.45, 2.75) is 77.8 Å². The molecular weight excluding hydrogens is 886 g/mol. The minimum atomic E-state index is -1.09. The number of nitrogens with zero attached hydrogens (tertiary/aromatic N) is 5. The molecule has 2 aliphatic rings. The van der Waals surface area contributed by atoms with Crippen molar-refractivity contribution in [3.05, 3.63) is 131 Å². The number of halogens is 3. The number of aromatic carboxylic acids is 1. The van der Waals surface area contributed by atoms with Crippen LogP contribution >= 0.6 is 12.4 Å². The quantitative estimate of drug-likeness (QED) is 0.0645. The summed E-state index contributed by atoms with van der Waals surface area (Å²) in [5, 5.41) is 28.2. The molecule has 6 heterocycles. The van der Waals surface area contributed by atoms with Gasteiger partial charge in [-0.1, -0.05) is 24.3 Å². The third-order valence-electron chi connectivity index (χ3n) is 10.2. The first-order valence-electron chi connectivity index (χ1n) is 20.7. The van der Waals surface area contributed by atoms with E-state index in [9.17, 15) is 28.7 Å². The fourth-order valence-electron chi connectivity index (χ4n) is 7.28. The predicted molar refractivity (Wildman–Crippen MR) is 239 cm³/mol. The van der Waals surface area contributed by atoms with Crippen LogP contribution in [0.3, 0.4) is 0 Å². The molecule has 0 saturated carbocycles. The lowest BCUT2D eigenvalue weighted by molar-refractivity contribution is -0.146. The number of hydrogen-bond donors (Lipinski definition) is 4. The number of amides is 1. The van der Waals surface area contributed by atoms with Gasteiger partial charge >= 0.3 is 5.97 Å². The van der Waals surface area contributed by atoms with Crippen molar-refractivity contribution in [1.29, 1.82) is 0 Å². The molecule has 8 rings (SSSR count). The number of carbonyl (C=O) groups is 2. The molecule has 2 unspecified atom stereocenters. The number of carboxylic acids is 1. The van der Waals surface area contributed by atoms with Crippen LogP contribution in [-0.4, -0.2) is 116 Å². The first-order chi connectivity index (χ1) is 30.9. The molecule has 2 atom stereocenters. The van der Waals surface area contributed by atoms with Crippen LogP contribution in [0.4, 0.5) is 8.78 Å². The van der Waals surface area contributed by atoms with Gasteiger partial charge in [-0.2, -0.15) is 0 Å². The van der Waals surface area contributed by atoms with E-state index in [0.29, 0.717) is 51.2 Å². The second-order valence-electron chi connectivity index (χ2n) is 16.3. The van der Waals surface area contributed by atoms with Crippen LogP contribution in [0, 0.1) is 11.6 Å². The Morgan fingerprint density at radius 3 is 1.53 bits per heavy atom. The number of carboxylic acid groups (broad SMARTS) is 1. The Labute approximate surface area is 386 Å². The molecule has 20 heteroatoms. The monoisotopic (exact) mass is 940 g/mol. The van der Waals surface area contributed by atoms with Crippen molar-refractivity contribution in [2.24, 2.45) is 0 Å². The fourth-order valence-corrected chi connectivity index (χ4v) is 7.28. The van der Waals surface area contributed by atoms with Gasteiger partial charge in [0.2, 0.25) is 0 Å². The highest BCUT2D eigenvalue weighted by Crippen LogP contribution is 2.28. The van der Waals surface area contributed by atoms with Gasteiger partial charge in [0, 0.05) is 61.5 Å². The summed E-state index contributed by atoms with van der Waals surface area (Å²) in [5.41, 5.74) is 6.96. The van der Waals surface area contributed by atoms with Crippen molar-refractivity contribution < 1.29 is 62.3 Å². The standard InChI is InChI=1S/C23H26FN3O5.C22H23FN2O5.CH5NO.ClH/c1-23(2)31-14-18(32-23)13-30-12-16-11-27(10-15-4-6-17(24)7-5-15)21-9-25-20(8-19(16)21)22(28)26(3)29;1-22(2)29-13-17(30-22)12-28-11-15-10-25(9-14-3-5-16(23)6-4-14)20-8-24-19(21(26)27)7-18(15)20;1-2-3;/h4-9,11,18,29H,10,12-14H2,1-3H3;3-8,10,17H,9,11-13H2,1-2H3,(H,26,27);2-3H,1H3;1H. The largest absolute Gasteiger partial charge is 0.477 e. The van der Waals surface area contributed by atoms with Gasteiger partial charge in [-0.05, 0) is 75.2 Å². The summed E-state index contributed by atoms with van der Waals surface area (Å²) in [6.07, 6.45) is 6.68. The SMILES string of the molecule is CC1(C)OCC(COCc2cn(Cc3ccc(F)cc3)c3cnc(C(=O)O)cc23)O1.CN(O)C(=O)c1cc2c(COCC3COC(C)(C)O3)cn(Cc3ccc(F)cc3)c2cn1.CNO.Cl. The minimum absolute atomic E-state index is 0. The molecule has 0 radical (unpaired) electrons. The molecule has 1 amide bonds. The van der Waals surface area contributed by atoms with Gasteiger partial charge in [0.25, 0.3) is 5.91 Å². The molecule has 6 aromatic rings. The summed E-state index contributed by atoms with van der Waals surface area (Å²) in [4.78, 5) is 31.8. The average Bonchev–Trinajstić information content (AvgIpc) is 4.01. The van der Waals surface area contributed by atoms with Crippen molar-refractivity contribution in [3.63, 3.8) is 0 Å². The predicted octanol–water partition coefficient (Wildman–Crippen LogP) is 6.96. The van der Waals surface area contributed by atoms with Gasteiger partial charge < -0.3 is 47.9 Å². The first kappa shape index (κ1) is 51.5. The summed E-state index contributed by atoms with van der Waals surface area (Å²) < 4.78 is 64.8. The Morgan fingerprint density at radius 1 is 0.773 bits per heavy atom. The molecule has 4 N–H and O–H groups in total. The number of hydroxylamine groups is 3. The van der Waals surface area contributed by atoms with Crippen molar-refractivity contribution in [2.75, 3.05) is 40.5 Å². The van der Waals surface area contributed by atoms with E-state index in [0.717, 1.165) is 44.1 Å². The van der Waals surface area contributed by atoms with Gasteiger partial charge in [-0.25, -0.2) is 34.1 Å². The summed E-state index contributed by atoms with van der Waals surface area (Å²) >= 11 is 0. The van der Waals surface area contributed by atoms with E-state index < -0.39 is 23.5 Å². The lowest BCUT2D eigenvalue weighted by Gasteiger charge is -2.17. The molecule has 66 heavy (non-hydrogen) atoms. The van der Waals surface area contributed by atoms with Crippen LogP contribution in [0.25, 0.3) is 21.8 Å². The maximum atomic E-state index is 13.3. The second-order valence-corrected chi connectivity index (χ2v) is 16.3. The molecule has 0 bridgehead atoms. The van der Waals surface area contributed by atoms with Gasteiger partial charge in [-0.3, -0.25) is 10.0 Å². The smallest absolute Gasteiger partial charge is 0.354 e. The van der Waals surface area contributed by atoms with Crippen molar-refractivity contribution >= 4 is 46.1 Å². The van der Waals surface area contributed by atoms with E-state index in [1.165, 1.54) is 38.4 Å². The Hall–Kier alpha value is -5.45. The van der Waals surface area contributed by atoms with E-state index in [2.05, 4.69) is 9.97 Å².